The van der Waals surface area contributed by atoms with Gasteiger partial charge in [-0.2, -0.15) is 0 Å². The van der Waals surface area contributed by atoms with E-state index in [1.165, 1.54) is 28.1 Å². The number of rotatable bonds is 44. The van der Waals surface area contributed by atoms with E-state index in [2.05, 4.69) is 61.4 Å². The highest BCUT2D eigenvalue weighted by Gasteiger charge is 2.33. The van der Waals surface area contributed by atoms with Crippen LogP contribution in [0, 0.1) is 17.8 Å². The quantitative estimate of drug-likeness (QED) is 0.0283. The Hall–Kier alpha value is -7.72. The van der Waals surface area contributed by atoms with E-state index in [9.17, 15) is 72.0 Å². The van der Waals surface area contributed by atoms with Crippen LogP contribution in [0.5, 0.6) is 0 Å². The second-order valence-corrected chi connectivity index (χ2v) is 33.3. The fourth-order valence-corrected chi connectivity index (χ4v) is 14.6. The predicted octanol–water partition coefficient (Wildman–Crippen LogP) is 2.84. The number of unbranched alkanes of at least 4 members (excludes halogenated alkanes) is 3. The molecular formula is C70H110N12O16S4. The average molecular weight is 1500 g/mol. The Bertz CT molecular complexity index is 3680. The summed E-state index contributed by atoms with van der Waals surface area (Å²) in [6.45, 7) is 13.6. The van der Waals surface area contributed by atoms with Crippen LogP contribution in [-0.2, 0) is 92.9 Å². The minimum atomic E-state index is -3.80. The van der Waals surface area contributed by atoms with Crippen LogP contribution in [0.15, 0.2) is 121 Å². The Morgan fingerprint density at radius 3 is 0.892 bits per heavy atom. The van der Waals surface area contributed by atoms with Gasteiger partial charge in [0.2, 0.25) is 81.4 Å². The molecule has 6 atom stereocenters. The molecule has 0 aliphatic rings. The molecular weight excluding hydrogens is 1390 g/mol. The molecule has 0 fully saturated rings. The van der Waals surface area contributed by atoms with E-state index >= 15 is 0 Å². The normalized spacial score (nSPS) is 13.4. The molecule has 0 unspecified atom stereocenters. The van der Waals surface area contributed by atoms with Crippen LogP contribution in [-0.4, -0.2) is 181 Å². The molecule has 0 aliphatic carbocycles. The van der Waals surface area contributed by atoms with Gasteiger partial charge in [-0.3, -0.25) is 38.4 Å². The monoisotopic (exact) mass is 1500 g/mol. The number of amides is 8. The van der Waals surface area contributed by atoms with Crippen LogP contribution in [0.2, 0.25) is 0 Å². The Morgan fingerprint density at radius 2 is 0.627 bits per heavy atom. The number of hydrogen-bond donors (Lipinski definition) is 12. The molecule has 102 heavy (non-hydrogen) atoms. The lowest BCUT2D eigenvalue weighted by molar-refractivity contribution is -0.129. The molecule has 0 saturated heterocycles. The maximum atomic E-state index is 13.1. The van der Waals surface area contributed by atoms with Gasteiger partial charge >= 0.3 is 0 Å². The van der Waals surface area contributed by atoms with Gasteiger partial charge in [0.1, 0.15) is 36.3 Å². The van der Waals surface area contributed by atoms with Gasteiger partial charge in [0.05, 0.1) is 23.5 Å². The summed E-state index contributed by atoms with van der Waals surface area (Å²) in [5.41, 5.74) is 3.15. The highest BCUT2D eigenvalue weighted by molar-refractivity contribution is 7.90. The average Bonchev–Trinajstić information content (AvgIpc) is 0.872. The van der Waals surface area contributed by atoms with Crippen LogP contribution in [0.4, 0.5) is 0 Å². The maximum absolute atomic E-state index is 13.1. The SMILES string of the molecule is CNC(=O)[C@H](Cc1ccccc1)NC(=O)[C@H](CC(C)C)NS(=O)(=O)CCCCNC(=O)c1ccccc1.CNC(=O)[C@H](Cc1ccccc1)NC(=O)[C@H](CC(C)C)NS(=O)(=O)CCCCNC(C)=O.CNC(=O)[C@H](Cc1ccccc1)NC(=O)[C@H](CC(C)C)NS(=O)(=O)CCCCNS(C)(=O)=O. The Labute approximate surface area is 604 Å². The summed E-state index contributed by atoms with van der Waals surface area (Å²) in [4.78, 5) is 99.1. The van der Waals surface area contributed by atoms with Crippen molar-refractivity contribution in [3.63, 3.8) is 0 Å². The van der Waals surface area contributed by atoms with Gasteiger partial charge in [0.25, 0.3) is 5.91 Å². The Morgan fingerprint density at radius 1 is 0.353 bits per heavy atom. The van der Waals surface area contributed by atoms with E-state index in [4.69, 9.17) is 0 Å². The first kappa shape index (κ1) is 90.4. The van der Waals surface area contributed by atoms with Gasteiger partial charge in [-0.15, -0.1) is 0 Å². The molecule has 0 heterocycles. The summed E-state index contributed by atoms with van der Waals surface area (Å²) in [6.07, 6.45) is 4.90. The maximum Gasteiger partial charge on any atom is 0.251 e. The second-order valence-electron chi connectivity index (χ2n) is 25.8. The zero-order chi connectivity index (χ0) is 76.5. The lowest BCUT2D eigenvalue weighted by Gasteiger charge is -2.24. The third-order valence-electron chi connectivity index (χ3n) is 15.1. The largest absolute Gasteiger partial charge is 0.357 e. The van der Waals surface area contributed by atoms with Crippen LogP contribution in [0.3, 0.4) is 0 Å². The van der Waals surface area contributed by atoms with Gasteiger partial charge in [-0.1, -0.05) is 151 Å². The number of benzene rings is 4. The van der Waals surface area contributed by atoms with Crippen LogP contribution < -0.4 is 61.4 Å². The van der Waals surface area contributed by atoms with E-state index in [0.29, 0.717) is 57.2 Å². The third-order valence-corrected chi connectivity index (χ3v) is 20.2. The summed E-state index contributed by atoms with van der Waals surface area (Å²) in [7, 11) is -10.2. The van der Waals surface area contributed by atoms with Crippen LogP contribution in [0.25, 0.3) is 0 Å². The molecule has 0 saturated carbocycles. The van der Waals surface area contributed by atoms with Gasteiger partial charge in [0, 0.05) is 72.5 Å². The molecule has 4 aromatic carbocycles. The fraction of sp³-hybridized carbons (Fsp3) is 0.543. The van der Waals surface area contributed by atoms with E-state index < -0.39 is 94.1 Å². The molecule has 12 N–H and O–H groups in total. The van der Waals surface area contributed by atoms with Crippen molar-refractivity contribution in [3.05, 3.63) is 144 Å². The lowest BCUT2D eigenvalue weighted by atomic mass is 10.0. The van der Waals surface area contributed by atoms with Crippen molar-refractivity contribution < 1.29 is 72.0 Å². The first-order chi connectivity index (χ1) is 48.0. The molecule has 0 radical (unpaired) electrons. The molecule has 0 spiro atoms. The number of likely N-dealkylation sites (N-methyl/N-ethyl adjacent to an activating group) is 3. The zero-order valence-electron chi connectivity index (χ0n) is 60.6. The molecule has 0 aliphatic heterocycles. The van der Waals surface area contributed by atoms with Crippen molar-refractivity contribution in [1.29, 1.82) is 0 Å². The van der Waals surface area contributed by atoms with Gasteiger partial charge in [0.15, 0.2) is 0 Å². The van der Waals surface area contributed by atoms with Crippen molar-refractivity contribution >= 4 is 87.4 Å². The fourth-order valence-electron chi connectivity index (χ4n) is 10.1. The highest BCUT2D eigenvalue weighted by atomic mass is 32.2. The minimum Gasteiger partial charge on any atom is -0.357 e. The van der Waals surface area contributed by atoms with Crippen molar-refractivity contribution in [2.45, 2.75) is 162 Å². The van der Waals surface area contributed by atoms with E-state index in [0.717, 1.165) is 22.9 Å². The summed E-state index contributed by atoms with van der Waals surface area (Å²) in [5.74, 6) is -3.59. The van der Waals surface area contributed by atoms with Crippen molar-refractivity contribution in [2.75, 3.05) is 64.3 Å². The van der Waals surface area contributed by atoms with E-state index in [-0.39, 0.29) is 110 Å². The Kier molecular flexibility index (Phi) is 42.1. The van der Waals surface area contributed by atoms with Crippen molar-refractivity contribution in [1.82, 2.24) is 61.4 Å². The summed E-state index contributed by atoms with van der Waals surface area (Å²) < 4.78 is 108. The number of carbonyl (C=O) groups is 8. The van der Waals surface area contributed by atoms with E-state index in [1.807, 2.05) is 139 Å². The standard InChI is InChI=1S/C27H38N4O5S.C22H36N4O5S.C21H36N4O6S2/c1-20(2)18-24(27(34)30-23(26(33)28-3)19-21-12-6-4-7-13-21)31-37(35,36)17-11-10-16-29-25(32)22-14-8-5-9-15-22;1-16(2)14-20(26-32(30,31)13-9-8-12-24-17(3)27)22(29)25-19(21(28)23-4)15-18-10-6-5-7-11-18;1-16(2)14-19(25-33(30,31)13-9-8-12-23-32(4,28)29)21(27)24-18(20(26)22-3)15-17-10-6-5-7-11-17/h4-9,12-15,20,23-24,31H,10-11,16-19H2,1-3H3,(H,28,33)(H,29,32)(H,30,34);5-7,10-11,16,19-20,26H,8-9,12-15H2,1-4H3,(H,23,28)(H,24,27)(H,25,29);5-7,10-11,16,18-19,23,25H,8-9,12-15H2,1-4H3,(H,22,26)(H,24,27)/t23-,24-;19-,20-;18-,19-/m000/s1. The molecule has 4 rings (SSSR count). The third kappa shape index (κ3) is 40.8. The summed E-state index contributed by atoms with van der Waals surface area (Å²) >= 11 is 0. The molecule has 8 amide bonds. The Balaban J connectivity index is 0.000000522. The molecule has 4 aromatic rings. The smallest absolute Gasteiger partial charge is 0.251 e. The van der Waals surface area contributed by atoms with Crippen LogP contribution >= 0.6 is 0 Å². The molecule has 32 heteroatoms. The number of hydrogen-bond acceptors (Lipinski definition) is 16. The van der Waals surface area contributed by atoms with E-state index in [1.54, 1.807) is 24.3 Å². The van der Waals surface area contributed by atoms with Gasteiger partial charge in [-0.25, -0.2) is 52.6 Å². The predicted molar refractivity (Wildman–Crippen MR) is 397 cm³/mol. The minimum absolute atomic E-state index is 0.0231. The molecule has 0 aromatic heterocycles. The zero-order valence-corrected chi connectivity index (χ0v) is 63.9. The van der Waals surface area contributed by atoms with Gasteiger partial charge in [-0.05, 0) is 104 Å². The van der Waals surface area contributed by atoms with Crippen molar-refractivity contribution in [3.8, 4) is 0 Å². The van der Waals surface area contributed by atoms with Crippen molar-refractivity contribution in [2.24, 2.45) is 17.8 Å². The summed E-state index contributed by atoms with van der Waals surface area (Å²) in [6, 6.07) is 31.0. The lowest BCUT2D eigenvalue weighted by Crippen LogP contribution is -2.54. The number of carbonyl (C=O) groups excluding carboxylic acids is 8. The molecule has 0 bridgehead atoms. The number of sulfonamides is 4. The molecule has 28 nitrogen and oxygen atoms in total. The van der Waals surface area contributed by atoms with Crippen LogP contribution in [0.1, 0.15) is 133 Å². The number of nitrogens with one attached hydrogen (secondary N) is 12. The summed E-state index contributed by atoms with van der Waals surface area (Å²) in [5, 5.41) is 21.1. The first-order valence-electron chi connectivity index (χ1n) is 34.2. The topological polar surface area (TPSA) is 417 Å². The molecule has 570 valence electrons. The highest BCUT2D eigenvalue weighted by Crippen LogP contribution is 2.14. The van der Waals surface area contributed by atoms with Gasteiger partial charge < -0.3 is 42.5 Å². The second kappa shape index (κ2) is 47.5. The first-order valence-corrected chi connectivity index (χ1v) is 41.0.